The fourth-order valence-corrected chi connectivity index (χ4v) is 7.28. The van der Waals surface area contributed by atoms with E-state index >= 15 is 0 Å². The Balaban J connectivity index is 1.16. The molecule has 0 radical (unpaired) electrons. The van der Waals surface area contributed by atoms with Gasteiger partial charge in [-0.1, -0.05) is 24.3 Å². The highest BCUT2D eigenvalue weighted by Crippen LogP contribution is 2.39. The number of fused-ring (bicyclic) bond motifs is 4. The second-order valence-corrected chi connectivity index (χ2v) is 13.0. The Morgan fingerprint density at radius 1 is 0.923 bits per heavy atom. The fourth-order valence-electron chi connectivity index (χ4n) is 5.84. The average Bonchev–Trinajstić information content (AvgIpc) is 3.21. The van der Waals surface area contributed by atoms with E-state index in [4.69, 9.17) is 19.3 Å². The molecule has 3 aliphatic rings. The largest absolute Gasteiger partial charge is 0.492 e. The number of hydrogen-bond acceptors (Lipinski definition) is 6. The second kappa shape index (κ2) is 10.6. The summed E-state index contributed by atoms with van der Waals surface area (Å²) in [5.74, 6) is 1.65. The molecule has 6 rings (SSSR count). The number of benzene rings is 3. The number of sulfone groups is 1. The minimum atomic E-state index is -2.91. The van der Waals surface area contributed by atoms with Crippen molar-refractivity contribution in [2.75, 3.05) is 18.1 Å². The molecular formula is C31H32O7S. The maximum Gasteiger partial charge on any atom is 0.304 e. The van der Waals surface area contributed by atoms with Gasteiger partial charge in [0.25, 0.3) is 0 Å². The molecule has 2 heterocycles. The number of aryl methyl sites for hydroxylation is 2. The zero-order chi connectivity index (χ0) is 27.0. The molecule has 1 N–H and O–H groups in total. The Hall–Kier alpha value is -3.52. The minimum absolute atomic E-state index is 0.0546. The lowest BCUT2D eigenvalue weighted by Crippen LogP contribution is -2.30. The van der Waals surface area contributed by atoms with Gasteiger partial charge in [-0.3, -0.25) is 4.79 Å². The van der Waals surface area contributed by atoms with Gasteiger partial charge in [-0.05, 0) is 84.2 Å². The number of rotatable bonds is 7. The third kappa shape index (κ3) is 5.76. The molecule has 3 aromatic carbocycles. The monoisotopic (exact) mass is 548 g/mol. The van der Waals surface area contributed by atoms with Crippen molar-refractivity contribution in [3.63, 3.8) is 0 Å². The van der Waals surface area contributed by atoms with E-state index in [9.17, 15) is 13.2 Å². The maximum atomic E-state index is 11.8. The first-order chi connectivity index (χ1) is 18.8. The molecule has 7 nitrogen and oxygen atoms in total. The lowest BCUT2D eigenvalue weighted by atomic mass is 9.95. The Morgan fingerprint density at radius 2 is 1.72 bits per heavy atom. The van der Waals surface area contributed by atoms with Gasteiger partial charge in [-0.25, -0.2) is 8.42 Å². The van der Waals surface area contributed by atoms with Crippen LogP contribution in [0, 0.1) is 0 Å². The standard InChI is InChI=1S/C31H32O7S/c32-31(33)16-23-19-37-30-17-25(6-9-28(23)30)36-18-20-4-5-21-2-1-3-22-15-26(7-8-27(22)29(21)14-20)38-24-10-12-39(34,35)13-11-24/h4-9,14-15,17,23-24H,1-3,10-13,16,18-19H2,(H,32,33)/t23-/m1/s1. The van der Waals surface area contributed by atoms with Gasteiger partial charge in [0, 0.05) is 17.5 Å². The molecule has 1 aliphatic carbocycles. The van der Waals surface area contributed by atoms with E-state index in [-0.39, 0.29) is 29.9 Å². The molecule has 39 heavy (non-hydrogen) atoms. The Morgan fingerprint density at radius 3 is 2.54 bits per heavy atom. The number of carbonyl (C=O) groups is 1. The van der Waals surface area contributed by atoms with Gasteiger partial charge in [0.1, 0.15) is 30.0 Å². The van der Waals surface area contributed by atoms with E-state index < -0.39 is 15.8 Å². The Bertz CT molecular complexity index is 1500. The lowest BCUT2D eigenvalue weighted by molar-refractivity contribution is -0.137. The molecule has 0 saturated carbocycles. The highest BCUT2D eigenvalue weighted by atomic mass is 32.2. The zero-order valence-corrected chi connectivity index (χ0v) is 22.5. The highest BCUT2D eigenvalue weighted by molar-refractivity contribution is 7.91. The summed E-state index contributed by atoms with van der Waals surface area (Å²) in [5, 5.41) is 9.12. The van der Waals surface area contributed by atoms with Crippen molar-refractivity contribution in [2.24, 2.45) is 0 Å². The summed E-state index contributed by atoms with van der Waals surface area (Å²) in [6.45, 7) is 0.788. The smallest absolute Gasteiger partial charge is 0.304 e. The normalized spacial score (nSPS) is 19.6. The molecule has 2 aliphatic heterocycles. The number of ether oxygens (including phenoxy) is 3. The zero-order valence-electron chi connectivity index (χ0n) is 21.7. The molecule has 0 aromatic heterocycles. The molecule has 0 bridgehead atoms. The molecule has 0 amide bonds. The van der Waals surface area contributed by atoms with Gasteiger partial charge in [-0.15, -0.1) is 0 Å². The van der Waals surface area contributed by atoms with Gasteiger partial charge in [0.05, 0.1) is 24.5 Å². The van der Waals surface area contributed by atoms with Crippen LogP contribution in [0.2, 0.25) is 0 Å². The molecule has 8 heteroatoms. The van der Waals surface area contributed by atoms with Crippen LogP contribution in [-0.4, -0.2) is 43.7 Å². The second-order valence-electron chi connectivity index (χ2n) is 10.7. The Labute approximate surface area is 228 Å². The average molecular weight is 549 g/mol. The van der Waals surface area contributed by atoms with Gasteiger partial charge in [0.2, 0.25) is 0 Å². The molecule has 1 saturated heterocycles. The van der Waals surface area contributed by atoms with Crippen LogP contribution in [0.4, 0.5) is 0 Å². The third-order valence-corrected chi connectivity index (χ3v) is 9.64. The van der Waals surface area contributed by atoms with E-state index in [1.54, 1.807) is 0 Å². The highest BCUT2D eigenvalue weighted by Gasteiger charge is 2.27. The van der Waals surface area contributed by atoms with Crippen LogP contribution in [0.3, 0.4) is 0 Å². The van der Waals surface area contributed by atoms with Gasteiger partial charge < -0.3 is 19.3 Å². The molecule has 3 aromatic rings. The van der Waals surface area contributed by atoms with Crippen LogP contribution < -0.4 is 14.2 Å². The van der Waals surface area contributed by atoms with Crippen molar-refractivity contribution >= 4 is 15.8 Å². The van der Waals surface area contributed by atoms with Crippen molar-refractivity contribution in [3.05, 3.63) is 76.9 Å². The van der Waals surface area contributed by atoms with E-state index in [1.165, 1.54) is 22.3 Å². The summed E-state index contributed by atoms with van der Waals surface area (Å²) < 4.78 is 41.5. The molecule has 1 atom stereocenters. The first-order valence-corrected chi connectivity index (χ1v) is 15.4. The van der Waals surface area contributed by atoms with Crippen molar-refractivity contribution in [3.8, 4) is 28.4 Å². The molecule has 1 fully saturated rings. The molecule has 0 unspecified atom stereocenters. The number of carboxylic acids is 1. The van der Waals surface area contributed by atoms with Crippen LogP contribution in [0.5, 0.6) is 17.2 Å². The predicted octanol–water partition coefficient (Wildman–Crippen LogP) is 5.33. The summed E-state index contributed by atoms with van der Waals surface area (Å²) in [6.07, 6.45) is 4.11. The van der Waals surface area contributed by atoms with Crippen LogP contribution in [-0.2, 0) is 34.1 Å². The van der Waals surface area contributed by atoms with Crippen molar-refractivity contribution in [1.29, 1.82) is 0 Å². The number of carboxylic acid groups (broad SMARTS) is 1. The lowest BCUT2D eigenvalue weighted by Gasteiger charge is -2.24. The summed E-state index contributed by atoms with van der Waals surface area (Å²) in [7, 11) is -2.91. The van der Waals surface area contributed by atoms with E-state index in [1.807, 2.05) is 24.3 Å². The maximum absolute atomic E-state index is 11.8. The summed E-state index contributed by atoms with van der Waals surface area (Å²) in [5.41, 5.74) is 6.98. The molecule has 204 valence electrons. The van der Waals surface area contributed by atoms with E-state index in [0.717, 1.165) is 36.1 Å². The predicted molar refractivity (Wildman–Crippen MR) is 147 cm³/mol. The number of aliphatic carboxylic acids is 1. The van der Waals surface area contributed by atoms with Gasteiger partial charge in [0.15, 0.2) is 9.84 Å². The minimum Gasteiger partial charge on any atom is -0.492 e. The Kier molecular flexibility index (Phi) is 6.97. The summed E-state index contributed by atoms with van der Waals surface area (Å²) in [6, 6.07) is 18.4. The first kappa shape index (κ1) is 25.7. The summed E-state index contributed by atoms with van der Waals surface area (Å²) >= 11 is 0. The van der Waals surface area contributed by atoms with Crippen molar-refractivity contribution in [1.82, 2.24) is 0 Å². The fraction of sp³-hybridized carbons (Fsp3) is 0.387. The van der Waals surface area contributed by atoms with Crippen LogP contribution >= 0.6 is 0 Å². The van der Waals surface area contributed by atoms with Crippen LogP contribution in [0.25, 0.3) is 11.1 Å². The van der Waals surface area contributed by atoms with Crippen LogP contribution in [0.1, 0.15) is 53.9 Å². The van der Waals surface area contributed by atoms with Gasteiger partial charge >= 0.3 is 5.97 Å². The number of hydrogen-bond donors (Lipinski definition) is 1. The molecular weight excluding hydrogens is 516 g/mol. The van der Waals surface area contributed by atoms with Gasteiger partial charge in [-0.2, -0.15) is 0 Å². The first-order valence-electron chi connectivity index (χ1n) is 13.6. The van der Waals surface area contributed by atoms with Crippen molar-refractivity contribution in [2.45, 2.75) is 57.2 Å². The van der Waals surface area contributed by atoms with E-state index in [2.05, 4.69) is 30.3 Å². The van der Waals surface area contributed by atoms with E-state index in [0.29, 0.717) is 37.6 Å². The third-order valence-electron chi connectivity index (χ3n) is 7.93. The van der Waals surface area contributed by atoms with Crippen molar-refractivity contribution < 1.29 is 32.5 Å². The topological polar surface area (TPSA) is 99.1 Å². The quantitative estimate of drug-likeness (QED) is 0.426. The summed E-state index contributed by atoms with van der Waals surface area (Å²) in [4.78, 5) is 11.1. The van der Waals surface area contributed by atoms with Crippen LogP contribution in [0.15, 0.2) is 54.6 Å². The SMILES string of the molecule is O=C(O)C[C@@H]1COc2cc(OCc3ccc4c(c3)-c3ccc(OC5CCS(=O)(=O)CC5)cc3CCC4)ccc21. The molecule has 0 spiro atoms.